The Hall–Kier alpha value is -1.30. The maximum Gasteiger partial charge on any atom is 0.233 e. The average Bonchev–Trinajstić information content (AvgIpc) is 2.70. The number of nitrogens with one attached hydrogen (secondary N) is 1. The number of hydrogen-bond acceptors (Lipinski definition) is 4. The fourth-order valence-corrected chi connectivity index (χ4v) is 2.82. The van der Waals surface area contributed by atoms with Crippen LogP contribution in [0.4, 0.5) is 0 Å². The Labute approximate surface area is 107 Å². The Morgan fingerprint density at radius 1 is 1.61 bits per heavy atom. The minimum atomic E-state index is -0.751. The number of carbonyl (C=O) groups excluding carboxylic acids is 1. The van der Waals surface area contributed by atoms with Crippen LogP contribution >= 0.6 is 0 Å². The van der Waals surface area contributed by atoms with E-state index in [9.17, 15) is 4.79 Å². The summed E-state index contributed by atoms with van der Waals surface area (Å²) in [4.78, 5) is 14.5. The predicted molar refractivity (Wildman–Crippen MR) is 68.3 cm³/mol. The molecule has 1 aliphatic heterocycles. The van der Waals surface area contributed by atoms with E-state index in [-0.39, 0.29) is 11.7 Å². The van der Waals surface area contributed by atoms with Crippen LogP contribution in [0, 0.1) is 11.3 Å². The van der Waals surface area contributed by atoms with Gasteiger partial charge in [-0.25, -0.2) is 0 Å². The highest BCUT2D eigenvalue weighted by Gasteiger charge is 2.48. The van der Waals surface area contributed by atoms with Crippen molar-refractivity contribution < 1.29 is 10.0 Å². The molecule has 6 heteroatoms. The van der Waals surface area contributed by atoms with E-state index in [1.54, 1.807) is 0 Å². The van der Waals surface area contributed by atoms with Gasteiger partial charge in [-0.3, -0.25) is 4.79 Å². The van der Waals surface area contributed by atoms with Crippen molar-refractivity contribution in [2.45, 2.75) is 25.7 Å². The minimum Gasteiger partial charge on any atom is -0.409 e. The van der Waals surface area contributed by atoms with E-state index in [0.29, 0.717) is 25.3 Å². The molecule has 1 atom stereocenters. The number of nitrogens with zero attached hydrogens (tertiary/aromatic N) is 2. The van der Waals surface area contributed by atoms with Crippen molar-refractivity contribution >= 4 is 11.7 Å². The third-order valence-electron chi connectivity index (χ3n) is 4.28. The molecule has 1 saturated carbocycles. The highest BCUT2D eigenvalue weighted by molar-refractivity contribution is 6.07. The lowest BCUT2D eigenvalue weighted by atomic mass is 9.67. The zero-order valence-electron chi connectivity index (χ0n) is 10.9. The van der Waals surface area contributed by atoms with E-state index >= 15 is 0 Å². The Kier molecular flexibility index (Phi) is 3.75. The molecule has 1 saturated heterocycles. The summed E-state index contributed by atoms with van der Waals surface area (Å²) in [7, 11) is 2.09. The van der Waals surface area contributed by atoms with E-state index < -0.39 is 5.41 Å². The SMILES string of the molecule is CN1CCC(CNC(=O)C2(C(N)=NO)CCC2)C1. The highest BCUT2D eigenvalue weighted by Crippen LogP contribution is 2.41. The first-order valence-electron chi connectivity index (χ1n) is 6.53. The van der Waals surface area contributed by atoms with E-state index in [1.165, 1.54) is 0 Å². The fourth-order valence-electron chi connectivity index (χ4n) is 2.82. The summed E-state index contributed by atoms with van der Waals surface area (Å²) in [5.74, 6) is 0.483. The second kappa shape index (κ2) is 5.14. The number of likely N-dealkylation sites (tertiary alicyclic amines) is 1. The summed E-state index contributed by atoms with van der Waals surface area (Å²) in [5.41, 5.74) is 4.90. The normalized spacial score (nSPS) is 27.8. The third kappa shape index (κ3) is 2.29. The largest absolute Gasteiger partial charge is 0.409 e. The monoisotopic (exact) mass is 254 g/mol. The number of carbonyl (C=O) groups is 1. The second-order valence-electron chi connectivity index (χ2n) is 5.55. The molecule has 0 aromatic heterocycles. The van der Waals surface area contributed by atoms with Gasteiger partial charge in [0.2, 0.25) is 5.91 Å². The number of amidine groups is 1. The lowest BCUT2D eigenvalue weighted by molar-refractivity contribution is -0.131. The van der Waals surface area contributed by atoms with Gasteiger partial charge in [0.25, 0.3) is 0 Å². The summed E-state index contributed by atoms with van der Waals surface area (Å²) >= 11 is 0. The smallest absolute Gasteiger partial charge is 0.233 e. The van der Waals surface area contributed by atoms with Crippen molar-refractivity contribution in [2.24, 2.45) is 22.2 Å². The molecule has 0 radical (unpaired) electrons. The van der Waals surface area contributed by atoms with E-state index in [1.807, 2.05) is 0 Å². The van der Waals surface area contributed by atoms with Crippen LogP contribution in [0.5, 0.6) is 0 Å². The number of rotatable bonds is 4. The molecule has 1 heterocycles. The van der Waals surface area contributed by atoms with Crippen LogP contribution in [-0.4, -0.2) is 48.5 Å². The third-order valence-corrected chi connectivity index (χ3v) is 4.28. The quantitative estimate of drug-likeness (QED) is 0.284. The van der Waals surface area contributed by atoms with Gasteiger partial charge in [-0.2, -0.15) is 0 Å². The first-order chi connectivity index (χ1) is 8.58. The van der Waals surface area contributed by atoms with Crippen molar-refractivity contribution in [2.75, 3.05) is 26.7 Å². The molecule has 6 nitrogen and oxygen atoms in total. The topological polar surface area (TPSA) is 91.0 Å². The number of oxime groups is 1. The van der Waals surface area contributed by atoms with Gasteiger partial charge in [0.1, 0.15) is 5.41 Å². The predicted octanol–water partition coefficient (Wildman–Crippen LogP) is -0.0290. The lowest BCUT2D eigenvalue weighted by Crippen LogP contribution is -2.54. The zero-order chi connectivity index (χ0) is 13.2. The Bertz CT molecular complexity index is 352. The van der Waals surface area contributed by atoms with Crippen LogP contribution in [0.25, 0.3) is 0 Å². The van der Waals surface area contributed by atoms with Crippen molar-refractivity contribution in [3.8, 4) is 0 Å². The van der Waals surface area contributed by atoms with Crippen LogP contribution in [0.15, 0.2) is 5.16 Å². The Balaban J connectivity index is 1.87. The van der Waals surface area contributed by atoms with Crippen molar-refractivity contribution in [3.63, 3.8) is 0 Å². The van der Waals surface area contributed by atoms with Gasteiger partial charge < -0.3 is 21.2 Å². The van der Waals surface area contributed by atoms with Crippen molar-refractivity contribution in [1.82, 2.24) is 10.2 Å². The summed E-state index contributed by atoms with van der Waals surface area (Å²) in [5, 5.41) is 14.8. The summed E-state index contributed by atoms with van der Waals surface area (Å²) in [6.45, 7) is 2.80. The van der Waals surface area contributed by atoms with Crippen molar-refractivity contribution in [1.29, 1.82) is 0 Å². The molecule has 102 valence electrons. The van der Waals surface area contributed by atoms with Gasteiger partial charge in [0.15, 0.2) is 5.84 Å². The molecule has 2 fully saturated rings. The molecule has 1 amide bonds. The molecule has 18 heavy (non-hydrogen) atoms. The summed E-state index contributed by atoms with van der Waals surface area (Å²) in [6.07, 6.45) is 3.43. The van der Waals surface area contributed by atoms with Crippen LogP contribution in [-0.2, 0) is 4.79 Å². The molecule has 0 aromatic carbocycles. The van der Waals surface area contributed by atoms with Crippen molar-refractivity contribution in [3.05, 3.63) is 0 Å². The minimum absolute atomic E-state index is 0.0507. The molecule has 2 aliphatic rings. The maximum absolute atomic E-state index is 12.2. The Morgan fingerprint density at radius 3 is 2.78 bits per heavy atom. The fraction of sp³-hybridized carbons (Fsp3) is 0.833. The van der Waals surface area contributed by atoms with Gasteiger partial charge in [0.05, 0.1) is 0 Å². The van der Waals surface area contributed by atoms with Crippen LogP contribution in [0.1, 0.15) is 25.7 Å². The van der Waals surface area contributed by atoms with Gasteiger partial charge in [-0.05, 0) is 38.8 Å². The molecule has 2 rings (SSSR count). The molecular weight excluding hydrogens is 232 g/mol. The summed E-state index contributed by atoms with van der Waals surface area (Å²) in [6, 6.07) is 0. The van der Waals surface area contributed by atoms with E-state index in [0.717, 1.165) is 25.9 Å². The standard InChI is InChI=1S/C12H22N4O2/c1-16-6-3-9(8-16)7-14-11(17)12(4-2-5-12)10(13)15-18/h9,18H,2-8H2,1H3,(H2,13,15)(H,14,17). The molecule has 0 aromatic rings. The summed E-state index contributed by atoms with van der Waals surface area (Å²) < 4.78 is 0. The van der Waals surface area contributed by atoms with Gasteiger partial charge in [0, 0.05) is 13.1 Å². The van der Waals surface area contributed by atoms with Crippen LogP contribution < -0.4 is 11.1 Å². The molecule has 0 bridgehead atoms. The average molecular weight is 254 g/mol. The van der Waals surface area contributed by atoms with E-state index in [2.05, 4.69) is 22.4 Å². The van der Waals surface area contributed by atoms with E-state index in [4.69, 9.17) is 10.9 Å². The molecular formula is C12H22N4O2. The Morgan fingerprint density at radius 2 is 2.33 bits per heavy atom. The lowest BCUT2D eigenvalue weighted by Gasteiger charge is -2.38. The maximum atomic E-state index is 12.2. The van der Waals surface area contributed by atoms with Crippen LogP contribution in [0.3, 0.4) is 0 Å². The molecule has 1 aliphatic carbocycles. The molecule has 1 unspecified atom stereocenters. The molecule has 0 spiro atoms. The van der Waals surface area contributed by atoms with Gasteiger partial charge in [-0.15, -0.1) is 0 Å². The van der Waals surface area contributed by atoms with Gasteiger partial charge >= 0.3 is 0 Å². The first kappa shape index (κ1) is 13.1. The van der Waals surface area contributed by atoms with Gasteiger partial charge in [-0.1, -0.05) is 11.6 Å². The zero-order valence-corrected chi connectivity index (χ0v) is 10.9. The molecule has 4 N–H and O–H groups in total. The number of amides is 1. The number of hydrogen-bond donors (Lipinski definition) is 3. The first-order valence-corrected chi connectivity index (χ1v) is 6.53. The highest BCUT2D eigenvalue weighted by atomic mass is 16.4. The second-order valence-corrected chi connectivity index (χ2v) is 5.55. The van der Waals surface area contributed by atoms with Crippen LogP contribution in [0.2, 0.25) is 0 Å². The number of nitrogens with two attached hydrogens (primary N) is 1.